The van der Waals surface area contributed by atoms with Gasteiger partial charge in [-0.05, 0) is 12.1 Å². The average Bonchev–Trinajstić information content (AvgIpc) is 2.28. The minimum atomic E-state index is -4.81. The van der Waals surface area contributed by atoms with Crippen LogP contribution in [0.15, 0.2) is 17.0 Å². The summed E-state index contributed by atoms with van der Waals surface area (Å²) in [7, 11) is 0. The first-order valence-corrected chi connectivity index (χ1v) is 6.86. The van der Waals surface area contributed by atoms with Crippen molar-refractivity contribution < 1.29 is 30.7 Å². The van der Waals surface area contributed by atoms with Crippen molar-refractivity contribution in [1.82, 2.24) is 0 Å². The van der Waals surface area contributed by atoms with Crippen LogP contribution in [0.5, 0.6) is 0 Å². The monoisotopic (exact) mass is 375 g/mol. The zero-order valence-electron chi connectivity index (χ0n) is 9.75. The van der Waals surface area contributed by atoms with Crippen molar-refractivity contribution in [3.8, 4) is 0 Å². The molecule has 0 spiro atoms. The topological polar surface area (TPSA) is 12.0 Å². The average molecular weight is 376 g/mol. The van der Waals surface area contributed by atoms with Crippen molar-refractivity contribution in [2.45, 2.75) is 22.7 Å². The molecular formula is C10H6Cl2F7NS. The predicted octanol–water partition coefficient (Wildman–Crippen LogP) is 5.67. The van der Waals surface area contributed by atoms with E-state index in [1.54, 1.807) is 5.32 Å². The summed E-state index contributed by atoms with van der Waals surface area (Å²) in [6.45, 7) is 0. The highest BCUT2D eigenvalue weighted by molar-refractivity contribution is 7.99. The Kier molecular flexibility index (Phi) is 5.91. The summed E-state index contributed by atoms with van der Waals surface area (Å²) in [6.07, 6.45) is -9.36. The van der Waals surface area contributed by atoms with Crippen LogP contribution in [-0.4, -0.2) is 23.6 Å². The van der Waals surface area contributed by atoms with E-state index < -0.39 is 45.0 Å². The minimum Gasteiger partial charge on any atom is -0.361 e. The molecule has 0 aliphatic rings. The maximum Gasteiger partial charge on any atom is 0.422 e. The molecular weight excluding hydrogens is 370 g/mol. The summed E-state index contributed by atoms with van der Waals surface area (Å²) in [5.74, 6) is -2.47. The summed E-state index contributed by atoms with van der Waals surface area (Å²) in [5.41, 5.74) is -2.93. The highest BCUT2D eigenvalue weighted by atomic mass is 35.5. The van der Waals surface area contributed by atoms with Crippen LogP contribution in [0.3, 0.4) is 0 Å². The van der Waals surface area contributed by atoms with E-state index >= 15 is 0 Å². The number of alkyl halides is 7. The maximum absolute atomic E-state index is 13.4. The van der Waals surface area contributed by atoms with Crippen molar-refractivity contribution in [1.29, 1.82) is 0 Å². The number of thioether (sulfide) groups is 1. The fourth-order valence-corrected chi connectivity index (χ4v) is 2.17. The van der Waals surface area contributed by atoms with Gasteiger partial charge in [-0.3, -0.25) is 0 Å². The quantitative estimate of drug-likeness (QED) is 0.314. The van der Waals surface area contributed by atoms with Crippen LogP contribution >= 0.6 is 35.0 Å². The number of hydrogen-bond donors (Lipinski definition) is 1. The van der Waals surface area contributed by atoms with E-state index in [-0.39, 0.29) is 11.8 Å². The third-order valence-corrected chi connectivity index (χ3v) is 3.75. The van der Waals surface area contributed by atoms with Crippen molar-refractivity contribution in [2.24, 2.45) is 0 Å². The van der Waals surface area contributed by atoms with Gasteiger partial charge in [0.05, 0.1) is 16.5 Å². The lowest BCUT2D eigenvalue weighted by Crippen LogP contribution is -2.30. The zero-order chi connectivity index (χ0) is 16.4. The molecule has 0 radical (unpaired) electrons. The number of halogens is 9. The molecule has 0 fully saturated rings. The minimum absolute atomic E-state index is 0.0885. The molecule has 0 amide bonds. The van der Waals surface area contributed by atoms with Gasteiger partial charge in [0.25, 0.3) is 0 Å². The van der Waals surface area contributed by atoms with Crippen molar-refractivity contribution in [3.63, 3.8) is 0 Å². The molecule has 1 rings (SSSR count). The van der Waals surface area contributed by atoms with Gasteiger partial charge in [-0.2, -0.15) is 26.3 Å². The van der Waals surface area contributed by atoms with Crippen LogP contribution in [0.25, 0.3) is 0 Å². The number of benzene rings is 1. The lowest BCUT2D eigenvalue weighted by molar-refractivity contribution is -0.125. The first-order chi connectivity index (χ1) is 9.40. The molecule has 1 aromatic carbocycles. The molecule has 0 aromatic heterocycles. The van der Waals surface area contributed by atoms with Crippen LogP contribution in [0, 0.1) is 5.82 Å². The van der Waals surface area contributed by atoms with Gasteiger partial charge in [-0.1, -0.05) is 23.2 Å². The molecule has 1 atom stereocenters. The van der Waals surface area contributed by atoms with E-state index in [0.717, 1.165) is 6.07 Å². The number of rotatable bonds is 4. The molecule has 0 heterocycles. The Hall–Kier alpha value is -0.540. The SMILES string of the molecule is Fc1cc(Cl)c(NC(Cl)C(F)(F)F)cc1SCC(F)(F)F. The van der Waals surface area contributed by atoms with Crippen molar-refractivity contribution in [2.75, 3.05) is 11.1 Å². The smallest absolute Gasteiger partial charge is 0.361 e. The van der Waals surface area contributed by atoms with E-state index in [4.69, 9.17) is 23.2 Å². The van der Waals surface area contributed by atoms with Gasteiger partial charge >= 0.3 is 12.4 Å². The largest absolute Gasteiger partial charge is 0.422 e. The van der Waals surface area contributed by atoms with Gasteiger partial charge in [-0.25, -0.2) is 4.39 Å². The second-order valence-corrected chi connectivity index (χ2v) is 5.58. The van der Waals surface area contributed by atoms with Gasteiger partial charge in [-0.15, -0.1) is 11.8 Å². The molecule has 11 heteroatoms. The summed E-state index contributed by atoms with van der Waals surface area (Å²) in [4.78, 5) is -0.495. The first-order valence-electron chi connectivity index (χ1n) is 5.06. The molecule has 0 saturated heterocycles. The second-order valence-electron chi connectivity index (χ2n) is 3.71. The standard InChI is InChI=1S/C10H6Cl2F7NS/c11-4-1-5(13)7(21-3-9(14,15)16)2-6(4)20-8(12)10(17,18)19/h1-2,8,20H,3H2. The van der Waals surface area contributed by atoms with Crippen LogP contribution in [-0.2, 0) is 0 Å². The van der Waals surface area contributed by atoms with Crippen LogP contribution in [0.2, 0.25) is 5.02 Å². The van der Waals surface area contributed by atoms with E-state index in [0.29, 0.717) is 6.07 Å². The van der Waals surface area contributed by atoms with Gasteiger partial charge in [0.15, 0.2) is 5.50 Å². The zero-order valence-corrected chi connectivity index (χ0v) is 12.1. The van der Waals surface area contributed by atoms with E-state index in [1.807, 2.05) is 0 Å². The van der Waals surface area contributed by atoms with Crippen molar-refractivity contribution >= 4 is 40.7 Å². The summed E-state index contributed by atoms with van der Waals surface area (Å²) in [5, 5.41) is 1.33. The fraction of sp³-hybridized carbons (Fsp3) is 0.400. The second kappa shape index (κ2) is 6.70. The Morgan fingerprint density at radius 2 is 1.71 bits per heavy atom. The summed E-state index contributed by atoms with van der Waals surface area (Å²) in [6, 6.07) is 1.36. The number of anilines is 1. The molecule has 1 unspecified atom stereocenters. The van der Waals surface area contributed by atoms with Gasteiger partial charge in [0.2, 0.25) is 0 Å². The third kappa shape index (κ3) is 5.99. The lowest BCUT2D eigenvalue weighted by Gasteiger charge is -2.18. The first kappa shape index (κ1) is 18.5. The van der Waals surface area contributed by atoms with Crippen LogP contribution in [0.1, 0.15) is 0 Å². The Labute approximate surface area is 128 Å². The Balaban J connectivity index is 2.96. The Morgan fingerprint density at radius 1 is 1.14 bits per heavy atom. The molecule has 1 nitrogen and oxygen atoms in total. The lowest BCUT2D eigenvalue weighted by atomic mass is 10.3. The fourth-order valence-electron chi connectivity index (χ4n) is 1.13. The van der Waals surface area contributed by atoms with E-state index in [2.05, 4.69) is 0 Å². The van der Waals surface area contributed by atoms with Gasteiger partial charge in [0.1, 0.15) is 5.82 Å². The van der Waals surface area contributed by atoms with Gasteiger partial charge < -0.3 is 5.32 Å². The molecule has 0 aliphatic heterocycles. The van der Waals surface area contributed by atoms with E-state index in [9.17, 15) is 30.7 Å². The van der Waals surface area contributed by atoms with Gasteiger partial charge in [0, 0.05) is 4.90 Å². The molecule has 0 aliphatic carbocycles. The third-order valence-electron chi connectivity index (χ3n) is 1.98. The molecule has 21 heavy (non-hydrogen) atoms. The van der Waals surface area contributed by atoms with E-state index in [1.165, 1.54) is 0 Å². The molecule has 120 valence electrons. The predicted molar refractivity (Wildman–Crippen MR) is 67.5 cm³/mol. The highest BCUT2D eigenvalue weighted by Crippen LogP contribution is 2.36. The highest BCUT2D eigenvalue weighted by Gasteiger charge is 2.38. The normalized spacial score (nSPS) is 14.1. The Bertz CT molecular complexity index is 503. The summed E-state index contributed by atoms with van der Waals surface area (Å²) >= 11 is 10.6. The van der Waals surface area contributed by atoms with Crippen LogP contribution in [0.4, 0.5) is 36.4 Å². The van der Waals surface area contributed by atoms with Crippen LogP contribution < -0.4 is 5.32 Å². The summed E-state index contributed by atoms with van der Waals surface area (Å²) < 4.78 is 86.5. The molecule has 0 bridgehead atoms. The van der Waals surface area contributed by atoms with Crippen molar-refractivity contribution in [3.05, 3.63) is 23.0 Å². The number of hydrogen-bond acceptors (Lipinski definition) is 2. The maximum atomic E-state index is 13.4. The molecule has 1 N–H and O–H groups in total. The molecule has 0 saturated carbocycles. The Morgan fingerprint density at radius 3 is 2.19 bits per heavy atom. The number of nitrogens with one attached hydrogen (secondary N) is 1. The molecule has 1 aromatic rings.